The highest BCUT2D eigenvalue weighted by atomic mass is 16.7. The molecule has 1 fully saturated rings. The van der Waals surface area contributed by atoms with E-state index in [1.54, 1.807) is 0 Å². The van der Waals surface area contributed by atoms with Gasteiger partial charge in [0.25, 0.3) is 0 Å². The predicted molar refractivity (Wildman–Crippen MR) is 111 cm³/mol. The molecule has 1 aliphatic rings. The molecular weight excluding hydrogens is 460 g/mol. The Balaban J connectivity index is 1.95. The van der Waals surface area contributed by atoms with Gasteiger partial charge in [0.2, 0.25) is 23.2 Å². The highest BCUT2D eigenvalue weighted by molar-refractivity contribution is 5.93. The third kappa shape index (κ3) is 3.70. The first-order valence-electron chi connectivity index (χ1n) is 9.79. The lowest BCUT2D eigenvalue weighted by atomic mass is 9.99. The van der Waals surface area contributed by atoms with Crippen LogP contribution in [0.4, 0.5) is 0 Å². The van der Waals surface area contributed by atoms with E-state index in [1.807, 2.05) is 0 Å². The lowest BCUT2D eigenvalue weighted by Crippen LogP contribution is -2.60. The summed E-state index contributed by atoms with van der Waals surface area (Å²) in [5, 5.41) is 88.7. The summed E-state index contributed by atoms with van der Waals surface area (Å²) < 4.78 is 16.3. The molecule has 0 unspecified atom stereocenters. The zero-order valence-corrected chi connectivity index (χ0v) is 17.1. The summed E-state index contributed by atoms with van der Waals surface area (Å²) in [7, 11) is 0. The van der Waals surface area contributed by atoms with Crippen molar-refractivity contribution in [1.82, 2.24) is 0 Å². The van der Waals surface area contributed by atoms with Crippen molar-refractivity contribution < 1.29 is 59.8 Å². The first kappa shape index (κ1) is 23.4. The standard InChI is InChI=1S/C21H20O13/c22-5-11-14(28)16(30)17(31)21(32-11)34-20-15(29)12-9(25)4-10(26)13(27)19(12)33-18(20)6-1-2-7(23)8(24)3-6/h1-4,11,14,16-17,21-28,30-31H,5H2/t11-,14+,16-,17-,21-/m1/s1. The average Bonchev–Trinajstić information content (AvgIpc) is 2.80. The van der Waals surface area contributed by atoms with Crippen LogP contribution < -0.4 is 10.2 Å². The normalized spacial score (nSPS) is 24.9. The SMILES string of the molecule is O=c1c(O[C@H]2O[C@H](CO)[C@H](O)[C@@H](O)[C@H]2O)c(-c2ccc(O)c(O)c2)oc2c(O)c(O)cc(O)c12. The predicted octanol–water partition coefficient (Wildman–Crippen LogP) is -0.833. The number of hydrogen-bond donors (Lipinski definition) is 9. The molecule has 0 radical (unpaired) electrons. The third-order valence-corrected chi connectivity index (χ3v) is 5.38. The fourth-order valence-electron chi connectivity index (χ4n) is 3.55. The monoisotopic (exact) mass is 480 g/mol. The molecular formula is C21H20O13. The molecule has 0 bridgehead atoms. The van der Waals surface area contributed by atoms with Crippen molar-refractivity contribution >= 4 is 11.0 Å². The second-order valence-electron chi connectivity index (χ2n) is 7.58. The number of aliphatic hydroxyl groups excluding tert-OH is 4. The Morgan fingerprint density at radius 3 is 2.21 bits per heavy atom. The first-order valence-corrected chi connectivity index (χ1v) is 9.79. The molecule has 5 atom stereocenters. The molecule has 3 aromatic rings. The molecule has 0 spiro atoms. The fraction of sp³-hybridized carbons (Fsp3) is 0.286. The van der Waals surface area contributed by atoms with Gasteiger partial charge in [0.05, 0.1) is 6.61 Å². The van der Waals surface area contributed by atoms with Crippen molar-refractivity contribution in [3.63, 3.8) is 0 Å². The summed E-state index contributed by atoms with van der Waals surface area (Å²) >= 11 is 0. The quantitative estimate of drug-likeness (QED) is 0.164. The van der Waals surface area contributed by atoms with E-state index in [9.17, 15) is 50.8 Å². The topological polar surface area (TPSA) is 231 Å². The van der Waals surface area contributed by atoms with E-state index in [-0.39, 0.29) is 5.56 Å². The van der Waals surface area contributed by atoms with Crippen LogP contribution in [0, 0.1) is 0 Å². The number of benzene rings is 2. The van der Waals surface area contributed by atoms with Crippen molar-refractivity contribution in [2.45, 2.75) is 30.7 Å². The minimum atomic E-state index is -1.91. The largest absolute Gasteiger partial charge is 0.507 e. The van der Waals surface area contributed by atoms with E-state index in [4.69, 9.17) is 13.9 Å². The van der Waals surface area contributed by atoms with Crippen LogP contribution in [-0.4, -0.2) is 83.3 Å². The second-order valence-corrected chi connectivity index (χ2v) is 7.58. The average molecular weight is 480 g/mol. The van der Waals surface area contributed by atoms with E-state index in [2.05, 4.69) is 0 Å². The van der Waals surface area contributed by atoms with Gasteiger partial charge < -0.3 is 59.8 Å². The maximum Gasteiger partial charge on any atom is 0.239 e. The highest BCUT2D eigenvalue weighted by Gasteiger charge is 2.45. The van der Waals surface area contributed by atoms with Gasteiger partial charge in [-0.1, -0.05) is 0 Å². The minimum Gasteiger partial charge on any atom is -0.507 e. The summed E-state index contributed by atoms with van der Waals surface area (Å²) in [6.45, 7) is -0.774. The van der Waals surface area contributed by atoms with Crippen LogP contribution >= 0.6 is 0 Å². The highest BCUT2D eigenvalue weighted by Crippen LogP contribution is 2.43. The molecule has 1 aromatic heterocycles. The third-order valence-electron chi connectivity index (χ3n) is 5.38. The van der Waals surface area contributed by atoms with Crippen LogP contribution in [0.15, 0.2) is 33.5 Å². The fourth-order valence-corrected chi connectivity index (χ4v) is 3.55. The molecule has 1 aliphatic heterocycles. The van der Waals surface area contributed by atoms with E-state index < -0.39 is 94.0 Å². The van der Waals surface area contributed by atoms with Crippen molar-refractivity contribution in [2.75, 3.05) is 6.61 Å². The van der Waals surface area contributed by atoms with Crippen LogP contribution in [0.2, 0.25) is 0 Å². The molecule has 2 heterocycles. The lowest BCUT2D eigenvalue weighted by Gasteiger charge is -2.39. The Morgan fingerprint density at radius 2 is 1.56 bits per heavy atom. The van der Waals surface area contributed by atoms with Gasteiger partial charge in [0.15, 0.2) is 28.6 Å². The van der Waals surface area contributed by atoms with Crippen molar-refractivity contribution in [3.8, 4) is 45.8 Å². The lowest BCUT2D eigenvalue weighted by molar-refractivity contribution is -0.277. The maximum absolute atomic E-state index is 13.3. The van der Waals surface area contributed by atoms with Gasteiger partial charge in [-0.15, -0.1) is 0 Å². The maximum atomic E-state index is 13.3. The van der Waals surface area contributed by atoms with Gasteiger partial charge in [-0.05, 0) is 18.2 Å². The van der Waals surface area contributed by atoms with Crippen molar-refractivity contribution in [3.05, 3.63) is 34.5 Å². The molecule has 13 nitrogen and oxygen atoms in total. The summed E-state index contributed by atoms with van der Waals surface area (Å²) in [5.74, 6) is -4.86. The van der Waals surface area contributed by atoms with Crippen molar-refractivity contribution in [1.29, 1.82) is 0 Å². The summed E-state index contributed by atoms with van der Waals surface area (Å²) in [6, 6.07) is 3.89. The second kappa shape index (κ2) is 8.55. The van der Waals surface area contributed by atoms with Gasteiger partial charge in [0.1, 0.15) is 35.6 Å². The number of phenols is 5. The Hall–Kier alpha value is -3.75. The number of aliphatic hydroxyl groups is 4. The molecule has 0 saturated carbocycles. The van der Waals surface area contributed by atoms with Gasteiger partial charge in [-0.3, -0.25) is 4.79 Å². The molecule has 9 N–H and O–H groups in total. The summed E-state index contributed by atoms with van der Waals surface area (Å²) in [6.07, 6.45) is -8.64. The molecule has 0 amide bonds. The van der Waals surface area contributed by atoms with Crippen LogP contribution in [0.5, 0.6) is 34.5 Å². The van der Waals surface area contributed by atoms with Crippen LogP contribution in [-0.2, 0) is 4.74 Å². The molecule has 4 rings (SSSR count). The van der Waals surface area contributed by atoms with E-state index in [1.165, 1.54) is 6.07 Å². The number of aromatic hydroxyl groups is 5. The molecule has 182 valence electrons. The van der Waals surface area contributed by atoms with Crippen molar-refractivity contribution in [2.24, 2.45) is 0 Å². The van der Waals surface area contributed by atoms with Crippen LogP contribution in [0.25, 0.3) is 22.3 Å². The van der Waals surface area contributed by atoms with Crippen LogP contribution in [0.1, 0.15) is 0 Å². The number of rotatable bonds is 4. The van der Waals surface area contributed by atoms with E-state index >= 15 is 0 Å². The number of ether oxygens (including phenoxy) is 2. The Bertz CT molecular complexity index is 1300. The summed E-state index contributed by atoms with van der Waals surface area (Å²) in [4.78, 5) is 13.3. The van der Waals surface area contributed by atoms with E-state index in [0.29, 0.717) is 6.07 Å². The van der Waals surface area contributed by atoms with Gasteiger partial charge in [-0.25, -0.2) is 0 Å². The number of fused-ring (bicyclic) bond motifs is 1. The van der Waals surface area contributed by atoms with Gasteiger partial charge in [0, 0.05) is 11.6 Å². The molecule has 34 heavy (non-hydrogen) atoms. The Kier molecular flexibility index (Phi) is 5.89. The van der Waals surface area contributed by atoms with E-state index in [0.717, 1.165) is 12.1 Å². The molecule has 0 aliphatic carbocycles. The smallest absolute Gasteiger partial charge is 0.239 e. The molecule has 2 aromatic carbocycles. The molecule has 13 heteroatoms. The number of phenolic OH excluding ortho intramolecular Hbond substituents is 5. The zero-order valence-electron chi connectivity index (χ0n) is 17.1. The number of hydrogen-bond acceptors (Lipinski definition) is 13. The first-order chi connectivity index (χ1) is 16.0. The van der Waals surface area contributed by atoms with Crippen LogP contribution in [0.3, 0.4) is 0 Å². The van der Waals surface area contributed by atoms with Gasteiger partial charge >= 0.3 is 0 Å². The molecule has 1 saturated heterocycles. The summed E-state index contributed by atoms with van der Waals surface area (Å²) in [5.41, 5.74) is -1.85. The Morgan fingerprint density at radius 1 is 0.853 bits per heavy atom. The van der Waals surface area contributed by atoms with Gasteiger partial charge in [-0.2, -0.15) is 0 Å². The Labute approximate surface area is 189 Å². The zero-order chi connectivity index (χ0) is 24.9. The minimum absolute atomic E-state index is 0.0869.